The van der Waals surface area contributed by atoms with E-state index >= 15 is 0 Å². The first-order valence-electron chi connectivity index (χ1n) is 8.57. The van der Waals surface area contributed by atoms with Crippen LogP contribution in [0.25, 0.3) is 0 Å². The van der Waals surface area contributed by atoms with Gasteiger partial charge in [-0.2, -0.15) is 0 Å². The first-order valence-corrected chi connectivity index (χ1v) is 9.69. The van der Waals surface area contributed by atoms with Crippen LogP contribution in [0, 0.1) is 0 Å². The Morgan fingerprint density at radius 2 is 1.68 bits per heavy atom. The summed E-state index contributed by atoms with van der Waals surface area (Å²) in [5, 5.41) is 1.12. The summed E-state index contributed by atoms with van der Waals surface area (Å²) in [6, 6.07) is 0. The summed E-state index contributed by atoms with van der Waals surface area (Å²) in [4.78, 5) is 11.6. The molecule has 4 nitrogen and oxygen atoms in total. The van der Waals surface area contributed by atoms with E-state index in [1.165, 1.54) is 38.5 Å². The van der Waals surface area contributed by atoms with E-state index in [0.29, 0.717) is 19.6 Å². The zero-order valence-corrected chi connectivity index (χ0v) is 15.7. The number of halogens is 1. The normalized spacial score (nSPS) is 20.2. The molecule has 5 heteroatoms. The summed E-state index contributed by atoms with van der Waals surface area (Å²) in [6.07, 6.45) is 10.2. The molecule has 0 bridgehead atoms. The summed E-state index contributed by atoms with van der Waals surface area (Å²) in [7, 11) is 0. The molecule has 1 fully saturated rings. The molecule has 1 rings (SSSR count). The van der Waals surface area contributed by atoms with Gasteiger partial charge in [-0.25, -0.2) is 0 Å². The molecular weight excluding hydrogens is 348 g/mol. The Labute approximate surface area is 143 Å². The summed E-state index contributed by atoms with van der Waals surface area (Å²) in [5.41, 5.74) is 0. The standard InChI is InChI=1S/C17H31BrO4/c1-17(2)21-14-15(22-17)13-20-16(19)11-9-7-5-3-4-6-8-10-12-18/h15H,3-14H2,1-2H3/t15-/m1/s1. The first kappa shape index (κ1) is 19.9. The van der Waals surface area contributed by atoms with Crippen molar-refractivity contribution in [1.82, 2.24) is 0 Å². The molecule has 0 aromatic carbocycles. The predicted molar refractivity (Wildman–Crippen MR) is 91.2 cm³/mol. The van der Waals surface area contributed by atoms with Crippen LogP contribution in [-0.4, -0.2) is 36.4 Å². The number of unbranched alkanes of at least 4 members (excludes halogenated alkanes) is 7. The van der Waals surface area contributed by atoms with Crippen molar-refractivity contribution in [2.24, 2.45) is 0 Å². The summed E-state index contributed by atoms with van der Waals surface area (Å²) < 4.78 is 16.3. The van der Waals surface area contributed by atoms with Gasteiger partial charge in [0.2, 0.25) is 0 Å². The van der Waals surface area contributed by atoms with Gasteiger partial charge in [0.25, 0.3) is 0 Å². The zero-order valence-electron chi connectivity index (χ0n) is 14.1. The van der Waals surface area contributed by atoms with E-state index in [-0.39, 0.29) is 12.1 Å². The van der Waals surface area contributed by atoms with E-state index in [9.17, 15) is 4.79 Å². The van der Waals surface area contributed by atoms with Crippen molar-refractivity contribution in [1.29, 1.82) is 0 Å². The van der Waals surface area contributed by atoms with Crippen LogP contribution < -0.4 is 0 Å². The van der Waals surface area contributed by atoms with Crippen LogP contribution >= 0.6 is 15.9 Å². The average molecular weight is 379 g/mol. The highest BCUT2D eigenvalue weighted by atomic mass is 79.9. The van der Waals surface area contributed by atoms with Gasteiger partial charge < -0.3 is 14.2 Å². The Balaban J connectivity index is 1.87. The molecule has 0 radical (unpaired) electrons. The van der Waals surface area contributed by atoms with Crippen molar-refractivity contribution >= 4 is 21.9 Å². The molecule has 1 heterocycles. The maximum atomic E-state index is 11.6. The molecule has 0 N–H and O–H groups in total. The lowest BCUT2D eigenvalue weighted by Crippen LogP contribution is -2.25. The number of hydrogen-bond donors (Lipinski definition) is 0. The minimum Gasteiger partial charge on any atom is -0.463 e. The molecular formula is C17H31BrO4. The zero-order chi connectivity index (χ0) is 16.3. The molecule has 0 amide bonds. The van der Waals surface area contributed by atoms with Crippen LogP contribution in [0.3, 0.4) is 0 Å². The molecule has 1 aliphatic rings. The molecule has 0 unspecified atom stereocenters. The Kier molecular flexibility index (Phi) is 10.3. The summed E-state index contributed by atoms with van der Waals surface area (Å²) >= 11 is 3.45. The van der Waals surface area contributed by atoms with Gasteiger partial charge >= 0.3 is 5.97 Å². The third kappa shape index (κ3) is 9.80. The Morgan fingerprint density at radius 1 is 1.09 bits per heavy atom. The predicted octanol–water partition coefficient (Wildman–Crippen LogP) is 4.59. The molecule has 0 spiro atoms. The van der Waals surface area contributed by atoms with E-state index in [2.05, 4.69) is 15.9 Å². The fourth-order valence-electron chi connectivity index (χ4n) is 2.53. The lowest BCUT2D eigenvalue weighted by atomic mass is 10.1. The van der Waals surface area contributed by atoms with Crippen LogP contribution in [0.4, 0.5) is 0 Å². The van der Waals surface area contributed by atoms with Crippen LogP contribution in [0.1, 0.15) is 71.6 Å². The highest BCUT2D eigenvalue weighted by molar-refractivity contribution is 9.09. The molecule has 0 aromatic rings. The second-order valence-corrected chi connectivity index (χ2v) is 7.19. The van der Waals surface area contributed by atoms with Crippen LogP contribution in [-0.2, 0) is 19.0 Å². The molecule has 130 valence electrons. The number of carbonyl (C=O) groups excluding carboxylic acids is 1. The molecule has 1 saturated heterocycles. The van der Waals surface area contributed by atoms with Crippen LogP contribution in [0.2, 0.25) is 0 Å². The summed E-state index contributed by atoms with van der Waals surface area (Å²) in [5.74, 6) is -0.670. The second-order valence-electron chi connectivity index (χ2n) is 6.40. The van der Waals surface area contributed by atoms with Crippen molar-refractivity contribution < 1.29 is 19.0 Å². The van der Waals surface area contributed by atoms with E-state index < -0.39 is 5.79 Å². The monoisotopic (exact) mass is 378 g/mol. The highest BCUT2D eigenvalue weighted by Crippen LogP contribution is 2.22. The SMILES string of the molecule is CC1(C)OC[C@@H](COC(=O)CCCCCCCCCCBr)O1. The second kappa shape index (κ2) is 11.4. The van der Waals surface area contributed by atoms with Gasteiger partial charge in [-0.3, -0.25) is 4.79 Å². The smallest absolute Gasteiger partial charge is 0.305 e. The van der Waals surface area contributed by atoms with Gasteiger partial charge in [-0.1, -0.05) is 54.5 Å². The minimum absolute atomic E-state index is 0.120. The van der Waals surface area contributed by atoms with E-state index in [1.807, 2.05) is 13.8 Å². The van der Waals surface area contributed by atoms with E-state index in [1.54, 1.807) is 0 Å². The van der Waals surface area contributed by atoms with Gasteiger partial charge in [0, 0.05) is 11.8 Å². The molecule has 1 atom stereocenters. The number of esters is 1. The van der Waals surface area contributed by atoms with Crippen molar-refractivity contribution in [2.75, 3.05) is 18.5 Å². The highest BCUT2D eigenvalue weighted by Gasteiger charge is 2.33. The van der Waals surface area contributed by atoms with Crippen molar-refractivity contribution in [2.45, 2.75) is 83.5 Å². The third-order valence-electron chi connectivity index (χ3n) is 3.76. The Bertz CT molecular complexity index is 307. The van der Waals surface area contributed by atoms with Gasteiger partial charge in [-0.05, 0) is 26.7 Å². The largest absolute Gasteiger partial charge is 0.463 e. The van der Waals surface area contributed by atoms with Crippen molar-refractivity contribution in [3.8, 4) is 0 Å². The average Bonchev–Trinajstić information content (AvgIpc) is 2.83. The van der Waals surface area contributed by atoms with Gasteiger partial charge in [0.05, 0.1) is 6.61 Å². The number of carbonyl (C=O) groups is 1. The van der Waals surface area contributed by atoms with Crippen LogP contribution in [0.15, 0.2) is 0 Å². The maximum Gasteiger partial charge on any atom is 0.305 e. The van der Waals surface area contributed by atoms with E-state index in [4.69, 9.17) is 14.2 Å². The Morgan fingerprint density at radius 3 is 2.23 bits per heavy atom. The Hall–Kier alpha value is -0.130. The molecule has 0 saturated carbocycles. The first-order chi connectivity index (χ1) is 10.5. The number of rotatable bonds is 12. The third-order valence-corrected chi connectivity index (χ3v) is 4.32. The fraction of sp³-hybridized carbons (Fsp3) is 0.941. The maximum absolute atomic E-state index is 11.6. The molecule has 0 aromatic heterocycles. The van der Waals surface area contributed by atoms with Crippen molar-refractivity contribution in [3.05, 3.63) is 0 Å². The lowest BCUT2D eigenvalue weighted by molar-refractivity contribution is -0.158. The lowest BCUT2D eigenvalue weighted by Gasteiger charge is -2.16. The number of alkyl halides is 1. The molecule has 1 aliphatic heterocycles. The quantitative estimate of drug-likeness (QED) is 0.283. The van der Waals surface area contributed by atoms with Gasteiger partial charge in [-0.15, -0.1) is 0 Å². The number of hydrogen-bond acceptors (Lipinski definition) is 4. The molecule has 0 aliphatic carbocycles. The fourth-order valence-corrected chi connectivity index (χ4v) is 2.92. The molecule has 22 heavy (non-hydrogen) atoms. The van der Waals surface area contributed by atoms with E-state index in [0.717, 1.165) is 18.2 Å². The minimum atomic E-state index is -0.550. The topological polar surface area (TPSA) is 44.8 Å². The number of ether oxygens (including phenoxy) is 3. The van der Waals surface area contributed by atoms with Gasteiger partial charge in [0.15, 0.2) is 5.79 Å². The van der Waals surface area contributed by atoms with Crippen LogP contribution in [0.5, 0.6) is 0 Å². The summed E-state index contributed by atoms with van der Waals surface area (Å²) in [6.45, 7) is 4.54. The van der Waals surface area contributed by atoms with Crippen molar-refractivity contribution in [3.63, 3.8) is 0 Å². The van der Waals surface area contributed by atoms with Gasteiger partial charge in [0.1, 0.15) is 12.7 Å².